The quantitative estimate of drug-likeness (QED) is 0.292. The molecule has 0 aliphatic rings. The molecule has 0 unspecified atom stereocenters. The monoisotopic (exact) mass is 588 g/mol. The van der Waals surface area contributed by atoms with E-state index < -0.39 is 45.0 Å². The number of hydrogen-bond acceptors (Lipinski definition) is 7. The van der Waals surface area contributed by atoms with E-state index in [1.165, 1.54) is 25.0 Å². The molecular weight excluding hydrogens is 559 g/mol. The second-order valence-electron chi connectivity index (χ2n) is 8.65. The van der Waals surface area contributed by atoms with Gasteiger partial charge in [-0.3, -0.25) is 24.0 Å². The van der Waals surface area contributed by atoms with Gasteiger partial charge >= 0.3 is 0 Å². The van der Waals surface area contributed by atoms with E-state index in [-0.39, 0.29) is 29.0 Å². The number of nitro benzene ring substituents is 1. The molecule has 0 fully saturated rings. The van der Waals surface area contributed by atoms with Crippen LogP contribution < -0.4 is 14.4 Å². The summed E-state index contributed by atoms with van der Waals surface area (Å²) in [6, 6.07) is 6.97. The lowest BCUT2D eigenvalue weighted by molar-refractivity contribution is -0.384. The van der Waals surface area contributed by atoms with E-state index in [1.807, 2.05) is 13.8 Å². The molecule has 2 aromatic carbocycles. The predicted molar refractivity (Wildman–Crippen MR) is 146 cm³/mol. The molecule has 0 saturated carbocycles. The number of methoxy groups -OCH3 is 1. The third-order valence-electron chi connectivity index (χ3n) is 5.83. The summed E-state index contributed by atoms with van der Waals surface area (Å²) in [5.74, 6) is -1.17. The van der Waals surface area contributed by atoms with Gasteiger partial charge in [-0.05, 0) is 44.0 Å². The van der Waals surface area contributed by atoms with E-state index in [0.717, 1.165) is 18.4 Å². The van der Waals surface area contributed by atoms with Crippen LogP contribution in [0.25, 0.3) is 0 Å². The molecule has 0 radical (unpaired) electrons. The highest BCUT2D eigenvalue weighted by atomic mass is 35.5. The normalized spacial score (nSPS) is 12.8. The second kappa shape index (κ2) is 13.1. The SMILES string of the molecule is CC[C@H](C)NC(=O)[C@@H](C)N(Cc1ccc(Cl)c(Cl)c1)C(=O)CN(c1cc([N+](=O)[O-])ccc1OC)S(C)(=O)=O. The molecule has 2 aromatic rings. The number of halogens is 2. The zero-order valence-corrected chi connectivity index (χ0v) is 23.9. The first-order valence-corrected chi connectivity index (χ1v) is 14.1. The number of non-ortho nitro benzene ring substituents is 1. The van der Waals surface area contributed by atoms with Gasteiger partial charge in [-0.25, -0.2) is 8.42 Å². The maximum absolute atomic E-state index is 13.7. The van der Waals surface area contributed by atoms with Gasteiger partial charge < -0.3 is 15.0 Å². The molecule has 0 bridgehead atoms. The number of nitrogens with one attached hydrogen (secondary N) is 1. The minimum absolute atomic E-state index is 0.00687. The molecular formula is C24H30Cl2N4O7S. The summed E-state index contributed by atoms with van der Waals surface area (Å²) in [4.78, 5) is 38.5. The number of nitro groups is 1. The fraction of sp³-hybridized carbons (Fsp3) is 0.417. The number of sulfonamides is 1. The number of amides is 2. The van der Waals surface area contributed by atoms with Crippen molar-refractivity contribution < 1.29 is 27.7 Å². The van der Waals surface area contributed by atoms with Crippen LogP contribution in [0, 0.1) is 10.1 Å². The third kappa shape index (κ3) is 7.95. The fourth-order valence-corrected chi connectivity index (χ4v) is 4.63. The zero-order valence-electron chi connectivity index (χ0n) is 21.6. The molecule has 0 spiro atoms. The minimum Gasteiger partial charge on any atom is -0.495 e. The smallest absolute Gasteiger partial charge is 0.271 e. The summed E-state index contributed by atoms with van der Waals surface area (Å²) in [5, 5.41) is 14.7. The van der Waals surface area contributed by atoms with E-state index in [9.17, 15) is 28.1 Å². The molecule has 0 aliphatic heterocycles. The van der Waals surface area contributed by atoms with Crippen LogP contribution in [-0.4, -0.2) is 62.0 Å². The average Bonchev–Trinajstić information content (AvgIpc) is 2.85. The van der Waals surface area contributed by atoms with E-state index >= 15 is 0 Å². The molecule has 0 heterocycles. The Labute approximate surface area is 231 Å². The Morgan fingerprint density at radius 2 is 1.79 bits per heavy atom. The Bertz CT molecular complexity index is 1310. The molecule has 2 rings (SSSR count). The maximum Gasteiger partial charge on any atom is 0.271 e. The van der Waals surface area contributed by atoms with Crippen molar-refractivity contribution in [3.8, 4) is 5.75 Å². The van der Waals surface area contributed by atoms with Gasteiger partial charge in [-0.15, -0.1) is 0 Å². The van der Waals surface area contributed by atoms with Gasteiger partial charge in [0.25, 0.3) is 5.69 Å². The Morgan fingerprint density at radius 1 is 1.13 bits per heavy atom. The Morgan fingerprint density at radius 3 is 2.32 bits per heavy atom. The first-order chi connectivity index (χ1) is 17.7. The van der Waals surface area contributed by atoms with Crippen LogP contribution in [0.5, 0.6) is 5.75 Å². The summed E-state index contributed by atoms with van der Waals surface area (Å²) in [6.45, 7) is 4.39. The molecule has 2 atom stereocenters. The summed E-state index contributed by atoms with van der Waals surface area (Å²) >= 11 is 12.1. The highest BCUT2D eigenvalue weighted by molar-refractivity contribution is 7.92. The molecule has 14 heteroatoms. The number of rotatable bonds is 12. The van der Waals surface area contributed by atoms with Crippen molar-refractivity contribution in [2.75, 3.05) is 24.2 Å². The summed E-state index contributed by atoms with van der Waals surface area (Å²) in [7, 11) is -2.86. The van der Waals surface area contributed by atoms with Crippen LogP contribution >= 0.6 is 23.2 Å². The lowest BCUT2D eigenvalue weighted by Gasteiger charge is -2.32. The molecule has 11 nitrogen and oxygen atoms in total. The van der Waals surface area contributed by atoms with Crippen molar-refractivity contribution in [1.29, 1.82) is 0 Å². The van der Waals surface area contributed by atoms with Crippen molar-refractivity contribution >= 4 is 56.4 Å². The van der Waals surface area contributed by atoms with E-state index in [0.29, 0.717) is 21.3 Å². The van der Waals surface area contributed by atoms with Crippen LogP contribution in [-0.2, 0) is 26.2 Å². The molecule has 0 aromatic heterocycles. The van der Waals surface area contributed by atoms with Gasteiger partial charge in [-0.2, -0.15) is 0 Å². The third-order valence-corrected chi connectivity index (χ3v) is 7.69. The number of benzene rings is 2. The number of carbonyl (C=O) groups excluding carboxylic acids is 2. The van der Waals surface area contributed by atoms with Crippen LogP contribution in [0.15, 0.2) is 36.4 Å². The van der Waals surface area contributed by atoms with Crippen molar-refractivity contribution in [3.05, 3.63) is 62.1 Å². The average molecular weight is 589 g/mol. The molecule has 1 N–H and O–H groups in total. The van der Waals surface area contributed by atoms with Crippen LogP contribution in [0.1, 0.15) is 32.8 Å². The Kier molecular flexibility index (Phi) is 10.7. The standard InChI is InChI=1S/C24H30Cl2N4O7S/c1-6-15(2)27-24(32)16(3)28(13-17-7-9-19(25)20(26)11-17)23(31)14-29(38(5,35)36)21-12-18(30(33)34)8-10-22(21)37-4/h7-12,15-16H,6,13-14H2,1-5H3,(H,27,32)/t15-,16+/m0/s1. The van der Waals surface area contributed by atoms with Gasteiger partial charge in [0.1, 0.15) is 24.0 Å². The van der Waals surface area contributed by atoms with E-state index in [1.54, 1.807) is 18.2 Å². The Balaban J connectivity index is 2.53. The Hall–Kier alpha value is -3.09. The molecule has 0 aliphatic carbocycles. The van der Waals surface area contributed by atoms with Crippen molar-refractivity contribution in [2.24, 2.45) is 0 Å². The van der Waals surface area contributed by atoms with Gasteiger partial charge in [0.2, 0.25) is 21.8 Å². The number of carbonyl (C=O) groups is 2. The number of nitrogens with zero attached hydrogens (tertiary/aromatic N) is 3. The fourth-order valence-electron chi connectivity index (χ4n) is 3.46. The van der Waals surface area contributed by atoms with Gasteiger partial charge in [0.15, 0.2) is 0 Å². The van der Waals surface area contributed by atoms with Gasteiger partial charge in [-0.1, -0.05) is 36.2 Å². The minimum atomic E-state index is -4.13. The molecule has 38 heavy (non-hydrogen) atoms. The lowest BCUT2D eigenvalue weighted by Crippen LogP contribution is -2.52. The molecule has 2 amide bonds. The molecule has 208 valence electrons. The van der Waals surface area contributed by atoms with Crippen molar-refractivity contribution in [2.45, 2.75) is 45.8 Å². The lowest BCUT2D eigenvalue weighted by atomic mass is 10.1. The number of anilines is 1. The summed E-state index contributed by atoms with van der Waals surface area (Å²) in [5.41, 5.74) is -0.0330. The zero-order chi connectivity index (χ0) is 28.8. The maximum atomic E-state index is 13.7. The summed E-state index contributed by atoms with van der Waals surface area (Å²) < 4.78 is 31.5. The van der Waals surface area contributed by atoms with Crippen molar-refractivity contribution in [3.63, 3.8) is 0 Å². The van der Waals surface area contributed by atoms with Gasteiger partial charge in [0, 0.05) is 24.7 Å². The molecule has 0 saturated heterocycles. The predicted octanol–water partition coefficient (Wildman–Crippen LogP) is 4.01. The van der Waals surface area contributed by atoms with Crippen LogP contribution in [0.4, 0.5) is 11.4 Å². The number of ether oxygens (including phenoxy) is 1. The van der Waals surface area contributed by atoms with E-state index in [4.69, 9.17) is 27.9 Å². The highest BCUT2D eigenvalue weighted by Gasteiger charge is 2.32. The van der Waals surface area contributed by atoms with Crippen LogP contribution in [0.3, 0.4) is 0 Å². The largest absolute Gasteiger partial charge is 0.495 e. The first kappa shape index (κ1) is 31.1. The van der Waals surface area contributed by atoms with Crippen molar-refractivity contribution in [1.82, 2.24) is 10.2 Å². The summed E-state index contributed by atoms with van der Waals surface area (Å²) in [6.07, 6.45) is 1.52. The van der Waals surface area contributed by atoms with E-state index in [2.05, 4.69) is 5.32 Å². The second-order valence-corrected chi connectivity index (χ2v) is 11.4. The highest BCUT2D eigenvalue weighted by Crippen LogP contribution is 2.34. The van der Waals surface area contributed by atoms with Gasteiger partial charge in [0.05, 0.1) is 28.3 Å². The first-order valence-electron chi connectivity index (χ1n) is 11.5. The van der Waals surface area contributed by atoms with Crippen LogP contribution in [0.2, 0.25) is 10.0 Å². The number of hydrogen-bond donors (Lipinski definition) is 1. The topological polar surface area (TPSA) is 139 Å².